The molecule has 1 rings (SSSR count). The largest absolute Gasteiger partial charge is 0.452 e. The number of nitrogens with one attached hydrogen (secondary N) is 1. The zero-order chi connectivity index (χ0) is 16.7. The molecule has 0 aromatic heterocycles. The van der Waals surface area contributed by atoms with Crippen LogP contribution >= 0.6 is 23.2 Å². The molecule has 0 aliphatic carbocycles. The molecule has 6 heteroatoms. The van der Waals surface area contributed by atoms with Crippen LogP contribution in [0.15, 0.2) is 24.3 Å². The first-order chi connectivity index (χ1) is 10.3. The van der Waals surface area contributed by atoms with Crippen LogP contribution in [-0.4, -0.2) is 24.5 Å². The number of amides is 1. The molecule has 1 aromatic carbocycles. The van der Waals surface area contributed by atoms with Gasteiger partial charge in [-0.3, -0.25) is 4.79 Å². The smallest absolute Gasteiger partial charge is 0.331 e. The number of hydrogen-bond donors (Lipinski definition) is 1. The van der Waals surface area contributed by atoms with Gasteiger partial charge in [-0.25, -0.2) is 4.79 Å². The first-order valence-electron chi connectivity index (χ1n) is 6.89. The van der Waals surface area contributed by atoms with E-state index < -0.39 is 5.97 Å². The maximum Gasteiger partial charge on any atom is 0.331 e. The summed E-state index contributed by atoms with van der Waals surface area (Å²) < 4.78 is 4.86. The van der Waals surface area contributed by atoms with Crippen molar-refractivity contribution in [1.29, 1.82) is 0 Å². The van der Waals surface area contributed by atoms with Crippen molar-refractivity contribution < 1.29 is 14.3 Å². The average Bonchev–Trinajstić information content (AvgIpc) is 2.46. The highest BCUT2D eigenvalue weighted by molar-refractivity contribution is 6.42. The molecule has 1 atom stereocenters. The molecule has 0 unspecified atom stereocenters. The minimum absolute atomic E-state index is 0.0259. The fourth-order valence-corrected chi connectivity index (χ4v) is 1.73. The summed E-state index contributed by atoms with van der Waals surface area (Å²) in [5, 5.41) is 3.59. The Kier molecular flexibility index (Phi) is 7.42. The molecule has 0 radical (unpaired) electrons. The van der Waals surface area contributed by atoms with Gasteiger partial charge in [0.15, 0.2) is 6.61 Å². The van der Waals surface area contributed by atoms with E-state index in [1.165, 1.54) is 6.08 Å². The van der Waals surface area contributed by atoms with Gasteiger partial charge in [-0.2, -0.15) is 0 Å². The maximum absolute atomic E-state index is 11.6. The van der Waals surface area contributed by atoms with Crippen molar-refractivity contribution in [3.8, 4) is 0 Å². The van der Waals surface area contributed by atoms with Crippen LogP contribution in [0.1, 0.15) is 26.3 Å². The lowest BCUT2D eigenvalue weighted by atomic mass is 10.1. The molecular formula is C16H19Cl2NO3. The van der Waals surface area contributed by atoms with E-state index in [1.807, 2.05) is 20.8 Å². The zero-order valence-corrected chi connectivity index (χ0v) is 14.2. The summed E-state index contributed by atoms with van der Waals surface area (Å²) in [6, 6.07) is 5.01. The van der Waals surface area contributed by atoms with Gasteiger partial charge in [-0.15, -0.1) is 0 Å². The van der Waals surface area contributed by atoms with E-state index in [0.717, 1.165) is 0 Å². The van der Waals surface area contributed by atoms with Gasteiger partial charge in [-0.1, -0.05) is 43.1 Å². The minimum Gasteiger partial charge on any atom is -0.452 e. The Morgan fingerprint density at radius 3 is 2.50 bits per heavy atom. The topological polar surface area (TPSA) is 55.4 Å². The molecule has 0 bridgehead atoms. The molecule has 1 amide bonds. The Bertz CT molecular complexity index is 571. The van der Waals surface area contributed by atoms with Gasteiger partial charge >= 0.3 is 5.97 Å². The lowest BCUT2D eigenvalue weighted by Crippen LogP contribution is -2.38. The van der Waals surface area contributed by atoms with E-state index in [2.05, 4.69) is 5.32 Å². The monoisotopic (exact) mass is 343 g/mol. The number of benzene rings is 1. The van der Waals surface area contributed by atoms with Crippen molar-refractivity contribution in [2.45, 2.75) is 26.8 Å². The molecule has 1 aromatic rings. The Hall–Kier alpha value is -1.52. The standard InChI is InChI=1S/C16H19Cl2NO3/c1-10(2)11(3)19-15(20)9-22-16(21)7-5-12-4-6-13(17)14(18)8-12/h4-8,10-11H,9H2,1-3H3,(H,19,20)/b7-5+/t11-/m0/s1. The predicted molar refractivity (Wildman–Crippen MR) is 88.9 cm³/mol. The lowest BCUT2D eigenvalue weighted by molar-refractivity contribution is -0.144. The first-order valence-corrected chi connectivity index (χ1v) is 7.64. The SMILES string of the molecule is CC(C)[C@H](C)NC(=O)COC(=O)/C=C/c1ccc(Cl)c(Cl)c1. The van der Waals surface area contributed by atoms with Gasteiger partial charge in [0.1, 0.15) is 0 Å². The molecule has 0 spiro atoms. The third kappa shape index (κ3) is 6.50. The van der Waals surface area contributed by atoms with Crippen molar-refractivity contribution >= 4 is 41.2 Å². The number of ether oxygens (including phenoxy) is 1. The van der Waals surface area contributed by atoms with E-state index in [-0.39, 0.29) is 18.6 Å². The highest BCUT2D eigenvalue weighted by Crippen LogP contribution is 2.23. The Morgan fingerprint density at radius 1 is 1.23 bits per heavy atom. The molecule has 0 aliphatic heterocycles. The van der Waals surface area contributed by atoms with Crippen LogP contribution in [0.2, 0.25) is 10.0 Å². The minimum atomic E-state index is -0.599. The Labute approximate surface area is 140 Å². The summed E-state index contributed by atoms with van der Waals surface area (Å²) >= 11 is 11.7. The highest BCUT2D eigenvalue weighted by Gasteiger charge is 2.11. The van der Waals surface area contributed by atoms with Gasteiger partial charge in [0.2, 0.25) is 0 Å². The quantitative estimate of drug-likeness (QED) is 0.632. The summed E-state index contributed by atoms with van der Waals surface area (Å²) in [5.74, 6) is -0.606. The van der Waals surface area contributed by atoms with Gasteiger partial charge in [0.25, 0.3) is 5.91 Å². The molecule has 4 nitrogen and oxygen atoms in total. The maximum atomic E-state index is 11.6. The van der Waals surface area contributed by atoms with E-state index in [0.29, 0.717) is 21.5 Å². The number of carbonyl (C=O) groups is 2. The van der Waals surface area contributed by atoms with E-state index in [4.69, 9.17) is 27.9 Å². The number of esters is 1. The molecular weight excluding hydrogens is 325 g/mol. The molecule has 22 heavy (non-hydrogen) atoms. The number of carbonyl (C=O) groups excluding carboxylic acids is 2. The predicted octanol–water partition coefficient (Wildman–Crippen LogP) is 3.71. The van der Waals surface area contributed by atoms with Crippen LogP contribution in [0.25, 0.3) is 6.08 Å². The van der Waals surface area contributed by atoms with Gasteiger partial charge < -0.3 is 10.1 Å². The molecule has 120 valence electrons. The summed E-state index contributed by atoms with van der Waals surface area (Å²) in [4.78, 5) is 23.1. The van der Waals surface area contributed by atoms with Crippen LogP contribution in [0.5, 0.6) is 0 Å². The normalized spacial score (nSPS) is 12.5. The summed E-state index contributed by atoms with van der Waals surface area (Å²) in [6.45, 7) is 5.59. The number of hydrogen-bond acceptors (Lipinski definition) is 3. The molecule has 1 N–H and O–H groups in total. The molecule has 0 fully saturated rings. The lowest BCUT2D eigenvalue weighted by Gasteiger charge is -2.16. The van der Waals surface area contributed by atoms with Crippen LogP contribution in [0, 0.1) is 5.92 Å². The highest BCUT2D eigenvalue weighted by atomic mass is 35.5. The summed E-state index contributed by atoms with van der Waals surface area (Å²) in [5.41, 5.74) is 0.712. The van der Waals surface area contributed by atoms with E-state index in [1.54, 1.807) is 24.3 Å². The van der Waals surface area contributed by atoms with Crippen molar-refractivity contribution in [3.63, 3.8) is 0 Å². The van der Waals surface area contributed by atoms with Crippen LogP contribution in [0.3, 0.4) is 0 Å². The van der Waals surface area contributed by atoms with Gasteiger partial charge in [0, 0.05) is 12.1 Å². The second-order valence-corrected chi connectivity index (χ2v) is 6.03. The van der Waals surface area contributed by atoms with Crippen LogP contribution < -0.4 is 5.32 Å². The third-order valence-corrected chi connectivity index (χ3v) is 3.83. The van der Waals surface area contributed by atoms with Gasteiger partial charge in [-0.05, 0) is 36.6 Å². The molecule has 0 saturated carbocycles. The fourth-order valence-electron chi connectivity index (χ4n) is 1.43. The van der Waals surface area contributed by atoms with Crippen molar-refractivity contribution in [2.24, 2.45) is 5.92 Å². The van der Waals surface area contributed by atoms with Crippen LogP contribution in [0.4, 0.5) is 0 Å². The van der Waals surface area contributed by atoms with E-state index in [9.17, 15) is 9.59 Å². The molecule has 0 heterocycles. The van der Waals surface area contributed by atoms with Crippen molar-refractivity contribution in [2.75, 3.05) is 6.61 Å². The van der Waals surface area contributed by atoms with E-state index >= 15 is 0 Å². The summed E-state index contributed by atoms with van der Waals surface area (Å²) in [6.07, 6.45) is 2.78. The van der Waals surface area contributed by atoms with Crippen molar-refractivity contribution in [3.05, 3.63) is 39.9 Å². The second kappa shape index (κ2) is 8.81. The Morgan fingerprint density at radius 2 is 1.91 bits per heavy atom. The molecule has 0 aliphatic rings. The second-order valence-electron chi connectivity index (χ2n) is 5.21. The first kappa shape index (κ1) is 18.5. The average molecular weight is 344 g/mol. The Balaban J connectivity index is 2.44. The number of halogens is 2. The van der Waals surface area contributed by atoms with Gasteiger partial charge in [0.05, 0.1) is 10.0 Å². The summed E-state index contributed by atoms with van der Waals surface area (Å²) in [7, 11) is 0. The number of rotatable bonds is 6. The third-order valence-electron chi connectivity index (χ3n) is 3.09. The van der Waals surface area contributed by atoms with Crippen LogP contribution in [-0.2, 0) is 14.3 Å². The van der Waals surface area contributed by atoms with Crippen molar-refractivity contribution in [1.82, 2.24) is 5.32 Å². The fraction of sp³-hybridized carbons (Fsp3) is 0.375. The zero-order valence-electron chi connectivity index (χ0n) is 12.7. The molecule has 0 saturated heterocycles.